The Morgan fingerprint density at radius 3 is 2.83 bits per heavy atom. The lowest BCUT2D eigenvalue weighted by molar-refractivity contribution is 0.408. The largest absolute Gasteiger partial charge is 0.496 e. The molecule has 2 aromatic rings. The van der Waals surface area contributed by atoms with E-state index >= 15 is 0 Å². The zero-order valence-electron chi connectivity index (χ0n) is 10.5. The highest BCUT2D eigenvalue weighted by Gasteiger charge is 2.01. The minimum absolute atomic E-state index is 0.659. The maximum Gasteiger partial charge on any atom is 0.123 e. The lowest BCUT2D eigenvalue weighted by Crippen LogP contribution is -2.09. The number of benzene rings is 1. The van der Waals surface area contributed by atoms with Crippen molar-refractivity contribution in [2.75, 3.05) is 7.11 Å². The molecular formula is C14H16N2OS. The molecule has 0 atom stereocenters. The second-order valence-electron chi connectivity index (χ2n) is 3.82. The van der Waals surface area contributed by atoms with Crippen LogP contribution in [-0.2, 0) is 6.54 Å². The van der Waals surface area contributed by atoms with Gasteiger partial charge in [-0.3, -0.25) is 0 Å². The second kappa shape index (κ2) is 6.21. The number of nitrogens with zero attached hydrogens (tertiary/aromatic N) is 1. The van der Waals surface area contributed by atoms with Gasteiger partial charge in [-0.05, 0) is 24.4 Å². The first kappa shape index (κ1) is 12.6. The van der Waals surface area contributed by atoms with Gasteiger partial charge in [0, 0.05) is 10.4 Å². The van der Waals surface area contributed by atoms with Crippen LogP contribution >= 0.6 is 11.3 Å². The van der Waals surface area contributed by atoms with E-state index in [0.29, 0.717) is 6.54 Å². The van der Waals surface area contributed by atoms with Gasteiger partial charge < -0.3 is 10.2 Å². The molecule has 0 aliphatic rings. The summed E-state index contributed by atoms with van der Waals surface area (Å²) < 4.78 is 5.29. The summed E-state index contributed by atoms with van der Waals surface area (Å²) in [6.45, 7) is 2.66. The van der Waals surface area contributed by atoms with Crippen molar-refractivity contribution in [2.24, 2.45) is 5.10 Å². The van der Waals surface area contributed by atoms with E-state index in [1.807, 2.05) is 37.3 Å². The Morgan fingerprint density at radius 1 is 1.28 bits per heavy atom. The Hall–Kier alpha value is -1.81. The molecule has 0 aliphatic heterocycles. The van der Waals surface area contributed by atoms with Gasteiger partial charge in [-0.15, -0.1) is 11.3 Å². The minimum atomic E-state index is 0.659. The van der Waals surface area contributed by atoms with Crippen molar-refractivity contribution in [3.63, 3.8) is 0 Å². The average Bonchev–Trinajstić information content (AvgIpc) is 2.93. The molecule has 0 bridgehead atoms. The van der Waals surface area contributed by atoms with Gasteiger partial charge in [-0.1, -0.05) is 24.3 Å². The Balaban J connectivity index is 1.98. The topological polar surface area (TPSA) is 33.6 Å². The molecule has 3 nitrogen and oxygen atoms in total. The Morgan fingerprint density at radius 2 is 2.11 bits per heavy atom. The van der Waals surface area contributed by atoms with Crippen molar-refractivity contribution in [3.05, 3.63) is 52.2 Å². The number of hydrogen-bond donors (Lipinski definition) is 1. The normalized spacial score (nSPS) is 11.3. The summed E-state index contributed by atoms with van der Waals surface area (Å²) in [7, 11) is 1.68. The van der Waals surface area contributed by atoms with Crippen LogP contribution in [0.2, 0.25) is 0 Å². The maximum absolute atomic E-state index is 5.29. The fourth-order valence-electron chi connectivity index (χ4n) is 1.63. The number of rotatable bonds is 5. The summed E-state index contributed by atoms with van der Waals surface area (Å²) >= 11 is 1.69. The monoisotopic (exact) mass is 260 g/mol. The van der Waals surface area contributed by atoms with Crippen molar-refractivity contribution >= 4 is 17.0 Å². The van der Waals surface area contributed by atoms with E-state index in [0.717, 1.165) is 17.0 Å². The van der Waals surface area contributed by atoms with Crippen LogP contribution in [0.25, 0.3) is 0 Å². The molecule has 1 aromatic carbocycles. The van der Waals surface area contributed by atoms with Crippen LogP contribution in [0.5, 0.6) is 5.75 Å². The highest BCUT2D eigenvalue weighted by molar-refractivity contribution is 7.12. The lowest BCUT2D eigenvalue weighted by Gasteiger charge is -2.07. The zero-order valence-corrected chi connectivity index (χ0v) is 11.3. The predicted molar refractivity (Wildman–Crippen MR) is 76.4 cm³/mol. The van der Waals surface area contributed by atoms with E-state index in [1.54, 1.807) is 18.4 Å². The SMILES string of the molecule is COc1ccccc1CN/N=C(/C)c1cccs1. The van der Waals surface area contributed by atoms with Gasteiger partial charge in [0.25, 0.3) is 0 Å². The van der Waals surface area contributed by atoms with Crippen LogP contribution in [0.3, 0.4) is 0 Å². The van der Waals surface area contributed by atoms with Crippen molar-refractivity contribution in [3.8, 4) is 5.75 Å². The summed E-state index contributed by atoms with van der Waals surface area (Å²) in [6, 6.07) is 12.0. The van der Waals surface area contributed by atoms with Crippen molar-refractivity contribution < 1.29 is 4.74 Å². The van der Waals surface area contributed by atoms with Crippen LogP contribution in [0, 0.1) is 0 Å². The summed E-state index contributed by atoms with van der Waals surface area (Å²) in [5, 5.41) is 6.41. The Bertz CT molecular complexity index is 520. The fraction of sp³-hybridized carbons (Fsp3) is 0.214. The quantitative estimate of drug-likeness (QED) is 0.661. The number of para-hydroxylation sites is 1. The molecule has 1 heterocycles. The van der Waals surface area contributed by atoms with Crippen LogP contribution in [-0.4, -0.2) is 12.8 Å². The first-order chi connectivity index (χ1) is 8.81. The third-order valence-corrected chi connectivity index (χ3v) is 3.57. The van der Waals surface area contributed by atoms with Gasteiger partial charge in [0.15, 0.2) is 0 Å². The molecule has 0 fully saturated rings. The Labute approximate surface area is 111 Å². The molecule has 0 amide bonds. The molecule has 1 N–H and O–H groups in total. The number of ether oxygens (including phenoxy) is 1. The first-order valence-corrected chi connectivity index (χ1v) is 6.62. The molecular weight excluding hydrogens is 244 g/mol. The molecule has 2 rings (SSSR count). The van der Waals surface area contributed by atoms with Gasteiger partial charge in [-0.25, -0.2) is 0 Å². The van der Waals surface area contributed by atoms with Crippen molar-refractivity contribution in [1.29, 1.82) is 0 Å². The molecule has 0 aliphatic carbocycles. The van der Waals surface area contributed by atoms with Crippen molar-refractivity contribution in [1.82, 2.24) is 5.43 Å². The molecule has 18 heavy (non-hydrogen) atoms. The predicted octanol–water partition coefficient (Wildman–Crippen LogP) is 3.27. The zero-order chi connectivity index (χ0) is 12.8. The molecule has 0 saturated heterocycles. The van der Waals surface area contributed by atoms with E-state index in [1.165, 1.54) is 4.88 Å². The standard InChI is InChI=1S/C14H16N2OS/c1-11(14-8-5-9-18-14)16-15-10-12-6-3-4-7-13(12)17-2/h3-9,15H,10H2,1-2H3/b16-11-. The third kappa shape index (κ3) is 3.11. The summed E-state index contributed by atoms with van der Waals surface area (Å²) in [5.41, 5.74) is 5.18. The van der Waals surface area contributed by atoms with E-state index in [2.05, 4.69) is 22.0 Å². The number of nitrogens with one attached hydrogen (secondary N) is 1. The van der Waals surface area contributed by atoms with Gasteiger partial charge in [0.05, 0.1) is 19.4 Å². The van der Waals surface area contributed by atoms with Crippen LogP contribution < -0.4 is 10.2 Å². The van der Waals surface area contributed by atoms with E-state index in [4.69, 9.17) is 4.74 Å². The van der Waals surface area contributed by atoms with E-state index in [-0.39, 0.29) is 0 Å². The summed E-state index contributed by atoms with van der Waals surface area (Å²) in [5.74, 6) is 0.883. The smallest absolute Gasteiger partial charge is 0.123 e. The molecule has 0 radical (unpaired) electrons. The fourth-order valence-corrected chi connectivity index (χ4v) is 2.31. The number of methoxy groups -OCH3 is 1. The van der Waals surface area contributed by atoms with Crippen molar-refractivity contribution in [2.45, 2.75) is 13.5 Å². The van der Waals surface area contributed by atoms with Crippen LogP contribution in [0.1, 0.15) is 17.4 Å². The van der Waals surface area contributed by atoms with Gasteiger partial charge in [0.1, 0.15) is 5.75 Å². The van der Waals surface area contributed by atoms with Crippen LogP contribution in [0.15, 0.2) is 46.9 Å². The summed E-state index contributed by atoms with van der Waals surface area (Å²) in [4.78, 5) is 1.18. The average molecular weight is 260 g/mol. The number of thiophene rings is 1. The first-order valence-electron chi connectivity index (χ1n) is 5.74. The molecule has 4 heteroatoms. The number of hydrazone groups is 1. The van der Waals surface area contributed by atoms with E-state index < -0.39 is 0 Å². The maximum atomic E-state index is 5.29. The summed E-state index contributed by atoms with van der Waals surface area (Å²) in [6.07, 6.45) is 0. The minimum Gasteiger partial charge on any atom is -0.496 e. The third-order valence-electron chi connectivity index (χ3n) is 2.59. The highest BCUT2D eigenvalue weighted by Crippen LogP contribution is 2.16. The van der Waals surface area contributed by atoms with Gasteiger partial charge in [0.2, 0.25) is 0 Å². The molecule has 0 unspecified atom stereocenters. The van der Waals surface area contributed by atoms with Gasteiger partial charge >= 0.3 is 0 Å². The van der Waals surface area contributed by atoms with Gasteiger partial charge in [-0.2, -0.15) is 5.10 Å². The second-order valence-corrected chi connectivity index (χ2v) is 4.77. The lowest BCUT2D eigenvalue weighted by atomic mass is 10.2. The molecule has 94 valence electrons. The van der Waals surface area contributed by atoms with E-state index in [9.17, 15) is 0 Å². The molecule has 0 spiro atoms. The number of hydrogen-bond acceptors (Lipinski definition) is 4. The Kier molecular flexibility index (Phi) is 4.36. The molecule has 0 saturated carbocycles. The molecule has 1 aromatic heterocycles. The van der Waals surface area contributed by atoms with Crippen LogP contribution in [0.4, 0.5) is 0 Å². The highest BCUT2D eigenvalue weighted by atomic mass is 32.1.